The highest BCUT2D eigenvalue weighted by Gasteiger charge is 2.18. The van der Waals surface area contributed by atoms with Gasteiger partial charge in [-0.25, -0.2) is 4.79 Å². The fraction of sp³-hybridized carbons (Fsp3) is 0.300. The van der Waals surface area contributed by atoms with Gasteiger partial charge in [-0.1, -0.05) is 30.3 Å². The number of carbonyl (C=O) groups is 1. The van der Waals surface area contributed by atoms with Gasteiger partial charge in [0.2, 0.25) is 0 Å². The average Bonchev–Trinajstić information content (AvgIpc) is 2.15. The van der Waals surface area contributed by atoms with Crippen LogP contribution in [0.15, 0.2) is 30.3 Å². The van der Waals surface area contributed by atoms with Crippen molar-refractivity contribution < 1.29 is 9.53 Å². The van der Waals surface area contributed by atoms with Gasteiger partial charge in [0.15, 0.2) is 0 Å². The predicted octanol–water partition coefficient (Wildman–Crippen LogP) is 1.17. The van der Waals surface area contributed by atoms with Gasteiger partial charge in [0.1, 0.15) is 6.10 Å². The molecule has 4 nitrogen and oxygen atoms in total. The highest BCUT2D eigenvalue weighted by atomic mass is 16.6. The summed E-state index contributed by atoms with van der Waals surface area (Å²) in [5, 5.41) is 0. The van der Waals surface area contributed by atoms with Crippen molar-refractivity contribution in [1.29, 1.82) is 0 Å². The average molecular weight is 194 g/mol. The molecule has 1 rings (SSSR count). The van der Waals surface area contributed by atoms with Crippen LogP contribution in [0.5, 0.6) is 0 Å². The maximum atomic E-state index is 10.6. The summed E-state index contributed by atoms with van der Waals surface area (Å²) in [5.41, 5.74) is 11.5. The van der Waals surface area contributed by atoms with Gasteiger partial charge < -0.3 is 16.2 Å². The molecule has 0 radical (unpaired) electrons. The summed E-state index contributed by atoms with van der Waals surface area (Å²) in [4.78, 5) is 10.6. The molecule has 0 aliphatic carbocycles. The number of amides is 1. The van der Waals surface area contributed by atoms with Crippen molar-refractivity contribution in [3.05, 3.63) is 35.9 Å². The molecule has 4 N–H and O–H groups in total. The summed E-state index contributed by atoms with van der Waals surface area (Å²) < 4.78 is 4.91. The summed E-state index contributed by atoms with van der Waals surface area (Å²) in [6.07, 6.45) is -1.29. The molecule has 1 aromatic rings. The summed E-state index contributed by atoms with van der Waals surface area (Å²) in [6, 6.07) is 8.99. The lowest BCUT2D eigenvalue weighted by Crippen LogP contribution is -2.30. The Labute approximate surface area is 82.8 Å². The highest BCUT2D eigenvalue weighted by Crippen LogP contribution is 2.19. The van der Waals surface area contributed by atoms with Gasteiger partial charge in [-0.15, -0.1) is 0 Å². The van der Waals surface area contributed by atoms with Gasteiger partial charge in [0.05, 0.1) is 0 Å². The Morgan fingerprint density at radius 1 is 1.36 bits per heavy atom. The summed E-state index contributed by atoms with van der Waals surface area (Å²) in [5.74, 6) is 0. The third kappa shape index (κ3) is 2.74. The van der Waals surface area contributed by atoms with Crippen molar-refractivity contribution in [2.45, 2.75) is 19.1 Å². The van der Waals surface area contributed by atoms with E-state index in [1.165, 1.54) is 0 Å². The molecule has 0 spiro atoms. The standard InChI is InChI=1S/C10H14N2O2/c1-7(11)9(14-10(12)13)8-5-3-2-4-6-8/h2-7,9H,11H2,1H3,(H2,12,13)/t7?,9-/m1/s1. The van der Waals surface area contributed by atoms with E-state index in [1.807, 2.05) is 30.3 Å². The second-order valence-electron chi connectivity index (χ2n) is 3.13. The Hall–Kier alpha value is -1.55. The van der Waals surface area contributed by atoms with Crippen LogP contribution in [0.2, 0.25) is 0 Å². The van der Waals surface area contributed by atoms with Gasteiger partial charge in [-0.05, 0) is 12.5 Å². The SMILES string of the molecule is CC(N)[C@@H](OC(N)=O)c1ccccc1. The minimum absolute atomic E-state index is 0.287. The molecule has 0 fully saturated rings. The molecule has 0 heterocycles. The highest BCUT2D eigenvalue weighted by molar-refractivity contribution is 5.65. The number of hydrogen-bond acceptors (Lipinski definition) is 3. The normalized spacial score (nSPS) is 14.4. The number of primary amides is 1. The van der Waals surface area contributed by atoms with Crippen molar-refractivity contribution >= 4 is 6.09 Å². The Morgan fingerprint density at radius 2 is 1.93 bits per heavy atom. The molecule has 4 heteroatoms. The number of benzene rings is 1. The first-order valence-corrected chi connectivity index (χ1v) is 4.38. The van der Waals surface area contributed by atoms with Crippen LogP contribution in [0.3, 0.4) is 0 Å². The second kappa shape index (κ2) is 4.62. The van der Waals surface area contributed by atoms with Crippen molar-refractivity contribution in [2.75, 3.05) is 0 Å². The van der Waals surface area contributed by atoms with Gasteiger partial charge in [0, 0.05) is 6.04 Å². The largest absolute Gasteiger partial charge is 0.440 e. The molecule has 0 saturated heterocycles. The fourth-order valence-corrected chi connectivity index (χ4v) is 1.25. The lowest BCUT2D eigenvalue weighted by atomic mass is 10.0. The van der Waals surface area contributed by atoms with E-state index in [-0.39, 0.29) is 6.04 Å². The van der Waals surface area contributed by atoms with Crippen LogP contribution in [-0.2, 0) is 4.74 Å². The first-order chi connectivity index (χ1) is 6.61. The van der Waals surface area contributed by atoms with Crippen LogP contribution < -0.4 is 11.5 Å². The lowest BCUT2D eigenvalue weighted by molar-refractivity contribution is 0.0938. The summed E-state index contributed by atoms with van der Waals surface area (Å²) >= 11 is 0. The zero-order valence-corrected chi connectivity index (χ0v) is 8.01. The summed E-state index contributed by atoms with van der Waals surface area (Å²) in [7, 11) is 0. The van der Waals surface area contributed by atoms with Gasteiger partial charge in [-0.3, -0.25) is 0 Å². The Morgan fingerprint density at radius 3 is 2.36 bits per heavy atom. The molecule has 0 bridgehead atoms. The maximum absolute atomic E-state index is 10.6. The van der Waals surface area contributed by atoms with Crippen molar-refractivity contribution in [3.63, 3.8) is 0 Å². The number of carbonyl (C=O) groups excluding carboxylic acids is 1. The van der Waals surface area contributed by atoms with Gasteiger partial charge in [-0.2, -0.15) is 0 Å². The number of hydrogen-bond donors (Lipinski definition) is 2. The van der Waals surface area contributed by atoms with Crippen LogP contribution in [0.1, 0.15) is 18.6 Å². The molecule has 14 heavy (non-hydrogen) atoms. The molecule has 0 aliphatic rings. The minimum atomic E-state index is -0.809. The van der Waals surface area contributed by atoms with Gasteiger partial charge >= 0.3 is 6.09 Å². The van der Waals surface area contributed by atoms with E-state index in [1.54, 1.807) is 6.92 Å². The molecular formula is C10H14N2O2. The molecule has 0 aromatic heterocycles. The Kier molecular flexibility index (Phi) is 3.48. The zero-order valence-electron chi connectivity index (χ0n) is 8.01. The molecule has 0 saturated carbocycles. The fourth-order valence-electron chi connectivity index (χ4n) is 1.25. The van der Waals surface area contributed by atoms with Crippen LogP contribution in [0, 0.1) is 0 Å². The Bertz CT molecular complexity index is 298. The van der Waals surface area contributed by atoms with E-state index < -0.39 is 12.2 Å². The van der Waals surface area contributed by atoms with Crippen LogP contribution in [0.25, 0.3) is 0 Å². The monoisotopic (exact) mass is 194 g/mol. The predicted molar refractivity (Wildman–Crippen MR) is 53.5 cm³/mol. The number of rotatable bonds is 3. The van der Waals surface area contributed by atoms with Crippen LogP contribution in [0.4, 0.5) is 4.79 Å². The van der Waals surface area contributed by atoms with E-state index in [0.717, 1.165) is 5.56 Å². The smallest absolute Gasteiger partial charge is 0.405 e. The van der Waals surface area contributed by atoms with E-state index in [0.29, 0.717) is 0 Å². The molecule has 2 atom stereocenters. The summed E-state index contributed by atoms with van der Waals surface area (Å²) in [6.45, 7) is 1.76. The van der Waals surface area contributed by atoms with Crippen molar-refractivity contribution in [3.8, 4) is 0 Å². The first kappa shape index (κ1) is 10.5. The first-order valence-electron chi connectivity index (χ1n) is 4.38. The van der Waals surface area contributed by atoms with Crippen LogP contribution in [-0.4, -0.2) is 12.1 Å². The Balaban J connectivity index is 2.83. The van der Waals surface area contributed by atoms with E-state index in [2.05, 4.69) is 0 Å². The molecule has 0 aliphatic heterocycles. The third-order valence-corrected chi connectivity index (χ3v) is 1.85. The zero-order chi connectivity index (χ0) is 10.6. The number of ether oxygens (including phenoxy) is 1. The van der Waals surface area contributed by atoms with Gasteiger partial charge in [0.25, 0.3) is 0 Å². The molecule has 1 amide bonds. The quantitative estimate of drug-likeness (QED) is 0.758. The molecule has 1 unspecified atom stereocenters. The van der Waals surface area contributed by atoms with Crippen LogP contribution >= 0.6 is 0 Å². The second-order valence-corrected chi connectivity index (χ2v) is 3.13. The minimum Gasteiger partial charge on any atom is -0.440 e. The number of nitrogens with two attached hydrogens (primary N) is 2. The maximum Gasteiger partial charge on any atom is 0.405 e. The third-order valence-electron chi connectivity index (χ3n) is 1.85. The topological polar surface area (TPSA) is 78.3 Å². The van der Waals surface area contributed by atoms with E-state index in [9.17, 15) is 4.79 Å². The molecule has 1 aromatic carbocycles. The lowest BCUT2D eigenvalue weighted by Gasteiger charge is -2.20. The van der Waals surface area contributed by atoms with E-state index in [4.69, 9.17) is 16.2 Å². The van der Waals surface area contributed by atoms with E-state index >= 15 is 0 Å². The molecule has 76 valence electrons. The van der Waals surface area contributed by atoms with Crippen molar-refractivity contribution in [1.82, 2.24) is 0 Å². The van der Waals surface area contributed by atoms with Crippen molar-refractivity contribution in [2.24, 2.45) is 11.5 Å². The molecular weight excluding hydrogens is 180 g/mol.